The molecule has 3 rings (SSSR count). The maximum absolute atomic E-state index is 12.1. The molecule has 0 bridgehead atoms. The number of benzene rings is 3. The van der Waals surface area contributed by atoms with Crippen molar-refractivity contribution in [1.82, 2.24) is 0 Å². The van der Waals surface area contributed by atoms with Gasteiger partial charge in [0.05, 0.1) is 10.0 Å². The summed E-state index contributed by atoms with van der Waals surface area (Å²) in [5.74, 6) is 0. The largest absolute Gasteiger partial charge is 0.326 e. The molecule has 0 saturated heterocycles. The second-order valence-corrected chi connectivity index (χ2v) is 7.45. The molecular formula is C20H17Cl2N3OS. The van der Waals surface area contributed by atoms with E-state index in [1.165, 1.54) is 11.9 Å². The Hall–Kier alpha value is -2.34. The Kier molecular flexibility index (Phi) is 6.50. The predicted octanol–water partition coefficient (Wildman–Crippen LogP) is 7.07. The van der Waals surface area contributed by atoms with Crippen molar-refractivity contribution >= 4 is 58.2 Å². The van der Waals surface area contributed by atoms with Crippen molar-refractivity contribution in [3.8, 4) is 0 Å². The molecule has 3 aromatic carbocycles. The van der Waals surface area contributed by atoms with Crippen LogP contribution in [0.1, 0.15) is 5.56 Å². The molecule has 3 aromatic rings. The minimum Gasteiger partial charge on any atom is -0.326 e. The zero-order valence-electron chi connectivity index (χ0n) is 14.4. The highest BCUT2D eigenvalue weighted by molar-refractivity contribution is 8.00. The van der Waals surface area contributed by atoms with E-state index in [1.807, 2.05) is 61.5 Å². The minimum absolute atomic E-state index is 0.279. The van der Waals surface area contributed by atoms with Gasteiger partial charge >= 0.3 is 6.03 Å². The topological polar surface area (TPSA) is 53.2 Å². The van der Waals surface area contributed by atoms with Gasteiger partial charge in [0, 0.05) is 22.0 Å². The van der Waals surface area contributed by atoms with Crippen LogP contribution < -0.4 is 15.4 Å². The van der Waals surface area contributed by atoms with Crippen molar-refractivity contribution < 1.29 is 4.79 Å². The molecule has 3 N–H and O–H groups in total. The number of anilines is 3. The van der Waals surface area contributed by atoms with Gasteiger partial charge in [-0.25, -0.2) is 4.79 Å². The summed E-state index contributed by atoms with van der Waals surface area (Å²) in [6.45, 7) is 1.95. The Morgan fingerprint density at radius 1 is 0.852 bits per heavy atom. The van der Waals surface area contributed by atoms with Crippen molar-refractivity contribution in [3.63, 3.8) is 0 Å². The van der Waals surface area contributed by atoms with Crippen LogP contribution in [-0.2, 0) is 0 Å². The smallest absolute Gasteiger partial charge is 0.323 e. The summed E-state index contributed by atoms with van der Waals surface area (Å²) in [6.07, 6.45) is 0. The van der Waals surface area contributed by atoms with Crippen molar-refractivity contribution in [2.45, 2.75) is 11.8 Å². The van der Waals surface area contributed by atoms with Crippen molar-refractivity contribution in [2.24, 2.45) is 0 Å². The first-order valence-electron chi connectivity index (χ1n) is 8.13. The summed E-state index contributed by atoms with van der Waals surface area (Å²) in [5.41, 5.74) is 3.31. The van der Waals surface area contributed by atoms with Gasteiger partial charge in [-0.15, -0.1) is 0 Å². The van der Waals surface area contributed by atoms with Crippen LogP contribution in [0.25, 0.3) is 0 Å². The Morgan fingerprint density at radius 3 is 2.33 bits per heavy atom. The third-order valence-electron chi connectivity index (χ3n) is 3.68. The normalized spacial score (nSPS) is 10.3. The van der Waals surface area contributed by atoms with E-state index in [4.69, 9.17) is 23.2 Å². The lowest BCUT2D eigenvalue weighted by Crippen LogP contribution is -2.19. The molecule has 0 spiro atoms. The van der Waals surface area contributed by atoms with E-state index in [0.717, 1.165) is 27.5 Å². The number of aryl methyl sites for hydroxylation is 1. The zero-order chi connectivity index (χ0) is 19.2. The molecule has 0 aromatic heterocycles. The summed E-state index contributed by atoms with van der Waals surface area (Å²) < 4.78 is 3.22. The molecule has 0 radical (unpaired) electrons. The number of carbonyl (C=O) groups is 1. The lowest BCUT2D eigenvalue weighted by atomic mass is 10.2. The fourth-order valence-electron chi connectivity index (χ4n) is 2.32. The third-order valence-corrected chi connectivity index (χ3v) is 5.25. The highest BCUT2D eigenvalue weighted by atomic mass is 35.5. The number of carbonyl (C=O) groups excluding carboxylic acids is 1. The number of halogens is 2. The van der Waals surface area contributed by atoms with Crippen LogP contribution in [-0.4, -0.2) is 6.03 Å². The van der Waals surface area contributed by atoms with E-state index in [1.54, 1.807) is 12.1 Å². The summed E-state index contributed by atoms with van der Waals surface area (Å²) >= 11 is 13.4. The molecule has 2 amide bonds. The van der Waals surface area contributed by atoms with Crippen molar-refractivity contribution in [2.75, 3.05) is 15.4 Å². The van der Waals surface area contributed by atoms with E-state index in [2.05, 4.69) is 15.4 Å². The highest BCUT2D eigenvalue weighted by Gasteiger charge is 2.07. The van der Waals surface area contributed by atoms with E-state index >= 15 is 0 Å². The molecule has 0 fully saturated rings. The SMILES string of the molecule is Cc1cc(SNc2ccc(Cl)c(Cl)c2)ccc1NC(=O)Nc1ccccc1. The number of urea groups is 1. The van der Waals surface area contributed by atoms with Crippen molar-refractivity contribution in [3.05, 3.63) is 82.3 Å². The number of rotatable bonds is 5. The van der Waals surface area contributed by atoms with Crippen LogP contribution in [0.5, 0.6) is 0 Å². The number of amides is 2. The average Bonchev–Trinajstić information content (AvgIpc) is 2.65. The number of nitrogens with one attached hydrogen (secondary N) is 3. The van der Waals surface area contributed by atoms with Crippen molar-refractivity contribution in [1.29, 1.82) is 0 Å². The average molecular weight is 418 g/mol. The first-order valence-corrected chi connectivity index (χ1v) is 9.70. The number of para-hydroxylation sites is 1. The van der Waals surface area contributed by atoms with Crippen LogP contribution in [0.15, 0.2) is 71.6 Å². The lowest BCUT2D eigenvalue weighted by molar-refractivity contribution is 0.262. The van der Waals surface area contributed by atoms with Crippen LogP contribution in [0.2, 0.25) is 10.0 Å². The first-order chi connectivity index (χ1) is 13.0. The highest BCUT2D eigenvalue weighted by Crippen LogP contribution is 2.29. The van der Waals surface area contributed by atoms with Gasteiger partial charge in [-0.05, 0) is 73.0 Å². The van der Waals surface area contributed by atoms with E-state index in [-0.39, 0.29) is 6.03 Å². The van der Waals surface area contributed by atoms with E-state index < -0.39 is 0 Å². The van der Waals surface area contributed by atoms with Gasteiger partial charge in [-0.3, -0.25) is 0 Å². The van der Waals surface area contributed by atoms with Gasteiger partial charge in [0.1, 0.15) is 0 Å². The molecule has 4 nitrogen and oxygen atoms in total. The van der Waals surface area contributed by atoms with E-state index in [0.29, 0.717) is 10.0 Å². The van der Waals surface area contributed by atoms with Gasteiger partial charge in [0.25, 0.3) is 0 Å². The van der Waals surface area contributed by atoms with Crippen LogP contribution >= 0.6 is 35.1 Å². The molecule has 0 atom stereocenters. The Labute approximate surface area is 172 Å². The summed E-state index contributed by atoms with van der Waals surface area (Å²) in [5, 5.41) is 6.68. The van der Waals surface area contributed by atoms with Crippen LogP contribution in [0, 0.1) is 6.92 Å². The monoisotopic (exact) mass is 417 g/mol. The summed E-state index contributed by atoms with van der Waals surface area (Å²) in [7, 11) is 0. The molecule has 0 aliphatic heterocycles. The van der Waals surface area contributed by atoms with Gasteiger partial charge in [0.15, 0.2) is 0 Å². The van der Waals surface area contributed by atoms with Gasteiger partial charge in [-0.2, -0.15) is 0 Å². The lowest BCUT2D eigenvalue weighted by Gasteiger charge is -2.12. The fourth-order valence-corrected chi connectivity index (χ4v) is 3.36. The van der Waals surface area contributed by atoms with Gasteiger partial charge in [0.2, 0.25) is 0 Å². The minimum atomic E-state index is -0.279. The molecule has 27 heavy (non-hydrogen) atoms. The number of hydrogen-bond acceptors (Lipinski definition) is 3. The molecular weight excluding hydrogens is 401 g/mol. The molecule has 0 aliphatic carbocycles. The molecule has 0 unspecified atom stereocenters. The van der Waals surface area contributed by atoms with Gasteiger partial charge < -0.3 is 15.4 Å². The Balaban J connectivity index is 1.59. The molecule has 0 heterocycles. The fraction of sp³-hybridized carbons (Fsp3) is 0.0500. The Bertz CT molecular complexity index is 951. The third kappa shape index (κ3) is 5.57. The second-order valence-electron chi connectivity index (χ2n) is 5.75. The Morgan fingerprint density at radius 2 is 1.63 bits per heavy atom. The van der Waals surface area contributed by atoms with Gasteiger partial charge in [-0.1, -0.05) is 41.4 Å². The van der Waals surface area contributed by atoms with Crippen LogP contribution in [0.4, 0.5) is 21.9 Å². The van der Waals surface area contributed by atoms with Crippen LogP contribution in [0.3, 0.4) is 0 Å². The molecule has 138 valence electrons. The first kappa shape index (κ1) is 19.4. The zero-order valence-corrected chi connectivity index (χ0v) is 16.8. The predicted molar refractivity (Wildman–Crippen MR) is 116 cm³/mol. The maximum atomic E-state index is 12.1. The molecule has 0 saturated carbocycles. The molecule has 7 heteroatoms. The quantitative estimate of drug-likeness (QED) is 0.389. The standard InChI is InChI=1S/C20H17Cl2N3OS/c1-13-11-16(27-25-15-7-9-17(21)18(22)12-15)8-10-19(13)24-20(26)23-14-5-3-2-4-6-14/h2-12,25H,1H3,(H2,23,24,26). The summed E-state index contributed by atoms with van der Waals surface area (Å²) in [4.78, 5) is 13.1. The van der Waals surface area contributed by atoms with E-state index in [9.17, 15) is 4.79 Å². The number of hydrogen-bond donors (Lipinski definition) is 3. The second kappa shape index (κ2) is 9.04. The summed E-state index contributed by atoms with van der Waals surface area (Å²) in [6, 6.07) is 20.2. The maximum Gasteiger partial charge on any atom is 0.323 e. The molecule has 0 aliphatic rings.